The minimum absolute atomic E-state index is 0.0816. The van der Waals surface area contributed by atoms with Crippen molar-refractivity contribution in [2.45, 2.75) is 157 Å². The van der Waals surface area contributed by atoms with Gasteiger partial charge in [0.2, 0.25) is 0 Å². The van der Waals surface area contributed by atoms with Crippen molar-refractivity contribution >= 4 is 43.6 Å². The molecule has 0 aliphatic carbocycles. The van der Waals surface area contributed by atoms with Crippen molar-refractivity contribution < 1.29 is 0 Å². The minimum atomic E-state index is 0.0816. The van der Waals surface area contributed by atoms with Crippen molar-refractivity contribution in [3.8, 4) is 0 Å². The Labute approximate surface area is 288 Å². The van der Waals surface area contributed by atoms with Crippen LogP contribution in [-0.2, 0) is 13.1 Å². The van der Waals surface area contributed by atoms with E-state index in [1.807, 2.05) is 0 Å². The number of nitrogens with zero attached hydrogens (tertiary/aromatic N) is 2. The molecular formula is C44H60N2O2. The summed E-state index contributed by atoms with van der Waals surface area (Å²) in [5.41, 5.74) is 8.34. The van der Waals surface area contributed by atoms with E-state index in [4.69, 9.17) is 0 Å². The first kappa shape index (κ1) is 35.9. The molecule has 2 heterocycles. The number of hydrogen-bond donors (Lipinski definition) is 0. The number of unbranched alkanes of at least 4 members (excludes halogenated alkanes) is 14. The van der Waals surface area contributed by atoms with Gasteiger partial charge in [-0.15, -0.1) is 0 Å². The summed E-state index contributed by atoms with van der Waals surface area (Å²) >= 11 is 0. The Bertz CT molecular complexity index is 1850. The summed E-state index contributed by atoms with van der Waals surface area (Å²) in [6.45, 7) is 14.6. The van der Waals surface area contributed by atoms with E-state index >= 15 is 0 Å². The van der Waals surface area contributed by atoms with Gasteiger partial charge in [-0.05, 0) is 87.1 Å². The van der Waals surface area contributed by atoms with Crippen molar-refractivity contribution in [1.82, 2.24) is 9.13 Å². The second kappa shape index (κ2) is 16.8. The standard InChI is InChI=1S/C44H60N2O2/c1-7-9-11-13-15-17-19-21-23-45-37-29-36-38(30-35(37)43(47)41-33(5)25-31(3)27-39(41)45)46(24-22-20-18-16-14-12-10-8-2)40-28-32(4)26-34(6)42(40)44(36)48/h25-30H,7-24H2,1-6H3. The van der Waals surface area contributed by atoms with Crippen molar-refractivity contribution in [3.05, 3.63) is 79.1 Å². The highest BCUT2D eigenvalue weighted by molar-refractivity contribution is 6.04. The zero-order valence-corrected chi connectivity index (χ0v) is 30.9. The summed E-state index contributed by atoms with van der Waals surface area (Å²) in [7, 11) is 0. The van der Waals surface area contributed by atoms with Gasteiger partial charge < -0.3 is 9.13 Å². The molecule has 5 rings (SSSR count). The van der Waals surface area contributed by atoms with Crippen LogP contribution in [0.3, 0.4) is 0 Å². The molecule has 0 unspecified atom stereocenters. The van der Waals surface area contributed by atoms with E-state index in [2.05, 4.69) is 87.1 Å². The number of fused-ring (bicyclic) bond motifs is 4. The largest absolute Gasteiger partial charge is 0.340 e. The first-order chi connectivity index (χ1) is 23.3. The van der Waals surface area contributed by atoms with Gasteiger partial charge in [0.05, 0.1) is 22.1 Å². The van der Waals surface area contributed by atoms with Crippen LogP contribution < -0.4 is 10.9 Å². The van der Waals surface area contributed by atoms with Crippen LogP contribution >= 0.6 is 0 Å². The maximum Gasteiger partial charge on any atom is 0.197 e. The quantitative estimate of drug-likeness (QED) is 0.0701. The van der Waals surface area contributed by atoms with E-state index in [9.17, 15) is 9.59 Å². The summed E-state index contributed by atoms with van der Waals surface area (Å²) in [6, 6.07) is 12.7. The molecule has 0 aliphatic heterocycles. The molecule has 0 fully saturated rings. The molecule has 258 valence electrons. The number of aryl methyl sites for hydroxylation is 6. The number of pyridine rings is 2. The lowest BCUT2D eigenvalue weighted by Gasteiger charge is -2.20. The molecule has 48 heavy (non-hydrogen) atoms. The van der Waals surface area contributed by atoms with Crippen LogP contribution in [0.25, 0.3) is 43.6 Å². The number of rotatable bonds is 18. The topological polar surface area (TPSA) is 44.0 Å². The zero-order chi connectivity index (χ0) is 34.2. The van der Waals surface area contributed by atoms with Crippen LogP contribution in [0.4, 0.5) is 0 Å². The summed E-state index contributed by atoms with van der Waals surface area (Å²) < 4.78 is 4.72. The highest BCUT2D eigenvalue weighted by atomic mass is 16.1. The van der Waals surface area contributed by atoms with E-state index in [0.29, 0.717) is 0 Å². The fourth-order valence-electron chi connectivity index (χ4n) is 8.11. The van der Waals surface area contributed by atoms with Crippen LogP contribution in [0.1, 0.15) is 139 Å². The van der Waals surface area contributed by atoms with Crippen molar-refractivity contribution in [2.24, 2.45) is 0 Å². The van der Waals surface area contributed by atoms with Gasteiger partial charge in [-0.2, -0.15) is 0 Å². The molecule has 0 radical (unpaired) electrons. The molecule has 2 aromatic heterocycles. The predicted octanol–water partition coefficient (Wildman–Crippen LogP) is 12.1. The van der Waals surface area contributed by atoms with Crippen LogP contribution in [0.5, 0.6) is 0 Å². The van der Waals surface area contributed by atoms with Crippen LogP contribution in [0.2, 0.25) is 0 Å². The lowest BCUT2D eigenvalue weighted by molar-refractivity contribution is 0.552. The third-order valence-corrected chi connectivity index (χ3v) is 10.6. The Morgan fingerprint density at radius 1 is 0.417 bits per heavy atom. The molecule has 5 aromatic rings. The van der Waals surface area contributed by atoms with E-state index in [-0.39, 0.29) is 10.9 Å². The third kappa shape index (κ3) is 7.90. The molecule has 0 amide bonds. The maximum atomic E-state index is 14.4. The first-order valence-electron chi connectivity index (χ1n) is 19.3. The molecule has 4 nitrogen and oxygen atoms in total. The zero-order valence-electron chi connectivity index (χ0n) is 30.9. The molecule has 0 bridgehead atoms. The monoisotopic (exact) mass is 648 g/mol. The van der Waals surface area contributed by atoms with Gasteiger partial charge in [0.25, 0.3) is 0 Å². The average Bonchev–Trinajstić information content (AvgIpc) is 3.05. The van der Waals surface area contributed by atoms with Crippen molar-refractivity contribution in [3.63, 3.8) is 0 Å². The van der Waals surface area contributed by atoms with Gasteiger partial charge in [-0.3, -0.25) is 9.59 Å². The van der Waals surface area contributed by atoms with Gasteiger partial charge in [-0.1, -0.05) is 116 Å². The van der Waals surface area contributed by atoms with Gasteiger partial charge in [0, 0.05) is 34.6 Å². The van der Waals surface area contributed by atoms with E-state index in [1.165, 1.54) is 89.9 Å². The van der Waals surface area contributed by atoms with E-state index in [0.717, 1.165) is 91.8 Å². The highest BCUT2D eigenvalue weighted by Crippen LogP contribution is 2.30. The Kier molecular flexibility index (Phi) is 12.6. The van der Waals surface area contributed by atoms with Crippen LogP contribution in [0.15, 0.2) is 46.0 Å². The Morgan fingerprint density at radius 2 is 0.750 bits per heavy atom. The smallest absolute Gasteiger partial charge is 0.197 e. The summed E-state index contributed by atoms with van der Waals surface area (Å²) in [4.78, 5) is 28.8. The number of aromatic nitrogens is 2. The Morgan fingerprint density at radius 3 is 1.10 bits per heavy atom. The van der Waals surface area contributed by atoms with Crippen molar-refractivity contribution in [1.29, 1.82) is 0 Å². The Hall–Kier alpha value is -3.40. The molecule has 0 N–H and O–H groups in total. The molecule has 0 atom stereocenters. The van der Waals surface area contributed by atoms with Crippen molar-refractivity contribution in [2.75, 3.05) is 0 Å². The second-order valence-electron chi connectivity index (χ2n) is 14.7. The SMILES string of the molecule is CCCCCCCCCCn1c2cc3c(=O)c4c(C)cc(C)cc4n(CCCCCCCCCC)c3cc2c(=O)c2c(C)cc(C)cc21. The molecule has 3 aromatic carbocycles. The minimum Gasteiger partial charge on any atom is -0.340 e. The number of benzene rings is 3. The molecule has 4 heteroatoms. The van der Waals surface area contributed by atoms with Gasteiger partial charge in [0.15, 0.2) is 10.9 Å². The van der Waals surface area contributed by atoms with Crippen LogP contribution in [0, 0.1) is 27.7 Å². The maximum absolute atomic E-state index is 14.4. The summed E-state index contributed by atoms with van der Waals surface area (Å²) in [5, 5.41) is 3.09. The summed E-state index contributed by atoms with van der Waals surface area (Å²) in [5.74, 6) is 0. The Balaban J connectivity index is 1.61. The average molecular weight is 649 g/mol. The highest BCUT2D eigenvalue weighted by Gasteiger charge is 2.19. The summed E-state index contributed by atoms with van der Waals surface area (Å²) in [6.07, 6.45) is 20.1. The fraction of sp³-hybridized carbons (Fsp3) is 0.545. The third-order valence-electron chi connectivity index (χ3n) is 10.6. The normalized spacial score (nSPS) is 12.0. The fourth-order valence-corrected chi connectivity index (χ4v) is 8.11. The molecular weight excluding hydrogens is 588 g/mol. The lowest BCUT2D eigenvalue weighted by Crippen LogP contribution is -2.17. The van der Waals surface area contributed by atoms with E-state index < -0.39 is 0 Å². The number of hydrogen-bond acceptors (Lipinski definition) is 2. The molecule has 0 saturated carbocycles. The van der Waals surface area contributed by atoms with Gasteiger partial charge in [0.1, 0.15) is 0 Å². The molecule has 0 spiro atoms. The van der Waals surface area contributed by atoms with Gasteiger partial charge in [-0.25, -0.2) is 0 Å². The second-order valence-corrected chi connectivity index (χ2v) is 14.7. The first-order valence-corrected chi connectivity index (χ1v) is 19.3. The van der Waals surface area contributed by atoms with Gasteiger partial charge >= 0.3 is 0 Å². The predicted molar refractivity (Wildman–Crippen MR) is 209 cm³/mol. The molecule has 0 saturated heterocycles. The van der Waals surface area contributed by atoms with Crippen LogP contribution in [-0.4, -0.2) is 9.13 Å². The van der Waals surface area contributed by atoms with E-state index in [1.54, 1.807) is 0 Å². The lowest BCUT2D eigenvalue weighted by atomic mass is 9.98. The molecule has 0 aliphatic rings.